The second-order valence-corrected chi connectivity index (χ2v) is 5.81. The average molecular weight is 392 g/mol. The van der Waals surface area contributed by atoms with E-state index in [0.29, 0.717) is 22.6 Å². The van der Waals surface area contributed by atoms with Gasteiger partial charge in [0, 0.05) is 18.5 Å². The highest BCUT2D eigenvalue weighted by Crippen LogP contribution is 2.26. The number of carbonyl (C=O) groups excluding carboxylic acids is 1. The molecule has 0 radical (unpaired) electrons. The average Bonchev–Trinajstić information content (AvgIpc) is 2.77. The number of benzene rings is 2. The Hall–Kier alpha value is -3.87. The molecular weight excluding hydrogens is 372 g/mol. The van der Waals surface area contributed by atoms with Gasteiger partial charge in [-0.2, -0.15) is 0 Å². The summed E-state index contributed by atoms with van der Waals surface area (Å²) >= 11 is 0. The number of hydrogen-bond donors (Lipinski definition) is 0. The predicted molar refractivity (Wildman–Crippen MR) is 106 cm³/mol. The Morgan fingerprint density at radius 2 is 1.72 bits per heavy atom. The van der Waals surface area contributed by atoms with E-state index in [-0.39, 0.29) is 12.6 Å². The quantitative estimate of drug-likeness (QED) is 0.325. The molecule has 0 N–H and O–H groups in total. The van der Waals surface area contributed by atoms with Crippen molar-refractivity contribution >= 4 is 11.5 Å². The van der Waals surface area contributed by atoms with Gasteiger partial charge < -0.3 is 18.9 Å². The van der Waals surface area contributed by atoms with Gasteiger partial charge in [-0.05, 0) is 29.3 Å². The van der Waals surface area contributed by atoms with Gasteiger partial charge in [0.15, 0.2) is 0 Å². The number of esters is 1. The fraction of sp³-hybridized carbons (Fsp3) is 0.136. The molecule has 0 aliphatic rings. The minimum absolute atomic E-state index is 0.236. The molecule has 0 spiro atoms. The molecular formula is C22H20N2O5. The van der Waals surface area contributed by atoms with Gasteiger partial charge >= 0.3 is 12.0 Å². The van der Waals surface area contributed by atoms with E-state index in [9.17, 15) is 4.79 Å². The Labute approximate surface area is 168 Å². The fourth-order valence-electron chi connectivity index (χ4n) is 2.59. The van der Waals surface area contributed by atoms with E-state index < -0.39 is 5.97 Å². The lowest BCUT2D eigenvalue weighted by molar-refractivity contribution is -0.133. The second kappa shape index (κ2) is 9.89. The first kappa shape index (κ1) is 19.9. The summed E-state index contributed by atoms with van der Waals surface area (Å²) in [6.45, 7) is 0.236. The van der Waals surface area contributed by atoms with Gasteiger partial charge in [0.05, 0.1) is 20.5 Å². The van der Waals surface area contributed by atoms with Crippen molar-refractivity contribution < 1.29 is 23.7 Å². The highest BCUT2D eigenvalue weighted by molar-refractivity contribution is 6.16. The molecule has 3 aromatic rings. The maximum atomic E-state index is 12.1. The van der Waals surface area contributed by atoms with Crippen LogP contribution < -0.4 is 9.47 Å². The maximum Gasteiger partial charge on any atom is 0.341 e. The SMILES string of the molecule is COC=C(C(=O)OC)c1ccccc1COc1cccc(Oc2ncccn2)c1. The van der Waals surface area contributed by atoms with E-state index >= 15 is 0 Å². The van der Waals surface area contributed by atoms with E-state index in [1.54, 1.807) is 30.6 Å². The van der Waals surface area contributed by atoms with Crippen molar-refractivity contribution in [3.63, 3.8) is 0 Å². The summed E-state index contributed by atoms with van der Waals surface area (Å²) in [6.07, 6.45) is 4.57. The minimum Gasteiger partial charge on any atom is -0.503 e. The largest absolute Gasteiger partial charge is 0.503 e. The normalized spacial score (nSPS) is 10.9. The first-order valence-corrected chi connectivity index (χ1v) is 8.78. The number of methoxy groups -OCH3 is 2. The number of rotatable bonds is 8. The third-order valence-electron chi connectivity index (χ3n) is 3.90. The van der Waals surface area contributed by atoms with Crippen LogP contribution in [0.5, 0.6) is 17.5 Å². The molecule has 2 aromatic carbocycles. The molecule has 0 fully saturated rings. The van der Waals surface area contributed by atoms with Crippen LogP contribution in [0.25, 0.3) is 5.57 Å². The van der Waals surface area contributed by atoms with Crippen molar-refractivity contribution in [2.45, 2.75) is 6.61 Å². The molecule has 0 saturated heterocycles. The van der Waals surface area contributed by atoms with E-state index in [0.717, 1.165) is 5.56 Å². The van der Waals surface area contributed by atoms with Gasteiger partial charge in [0.2, 0.25) is 0 Å². The third-order valence-corrected chi connectivity index (χ3v) is 3.90. The van der Waals surface area contributed by atoms with Crippen LogP contribution in [-0.2, 0) is 20.9 Å². The van der Waals surface area contributed by atoms with Crippen molar-refractivity contribution in [2.24, 2.45) is 0 Å². The van der Waals surface area contributed by atoms with E-state index in [1.807, 2.05) is 36.4 Å². The summed E-state index contributed by atoms with van der Waals surface area (Å²) in [6, 6.07) is 16.5. The monoisotopic (exact) mass is 392 g/mol. The molecule has 0 bridgehead atoms. The Bertz CT molecular complexity index is 989. The number of nitrogens with zero attached hydrogens (tertiary/aromatic N) is 2. The Morgan fingerprint density at radius 1 is 0.966 bits per heavy atom. The summed E-state index contributed by atoms with van der Waals surface area (Å²) in [4.78, 5) is 20.2. The van der Waals surface area contributed by atoms with Crippen molar-refractivity contribution in [3.8, 4) is 17.5 Å². The van der Waals surface area contributed by atoms with Crippen LogP contribution >= 0.6 is 0 Å². The summed E-state index contributed by atoms with van der Waals surface area (Å²) in [5, 5.41) is 0. The van der Waals surface area contributed by atoms with Crippen molar-refractivity contribution in [3.05, 3.63) is 84.4 Å². The summed E-state index contributed by atoms with van der Waals surface area (Å²) < 4.78 is 21.4. The van der Waals surface area contributed by atoms with Crippen LogP contribution in [0.15, 0.2) is 73.3 Å². The van der Waals surface area contributed by atoms with Crippen LogP contribution in [0, 0.1) is 0 Å². The standard InChI is InChI=1S/C22H20N2O5/c1-26-15-20(21(25)27-2)19-10-4-3-7-16(19)14-28-17-8-5-9-18(13-17)29-22-23-11-6-12-24-22/h3-13,15H,14H2,1-2H3. The molecule has 1 aromatic heterocycles. The lowest BCUT2D eigenvalue weighted by Gasteiger charge is -2.13. The van der Waals surface area contributed by atoms with Crippen molar-refractivity contribution in [2.75, 3.05) is 14.2 Å². The van der Waals surface area contributed by atoms with Gasteiger partial charge in [-0.1, -0.05) is 30.3 Å². The molecule has 29 heavy (non-hydrogen) atoms. The number of aromatic nitrogens is 2. The molecule has 0 aliphatic carbocycles. The highest BCUT2D eigenvalue weighted by Gasteiger charge is 2.17. The molecule has 0 unspecified atom stereocenters. The van der Waals surface area contributed by atoms with E-state index in [2.05, 4.69) is 9.97 Å². The zero-order valence-electron chi connectivity index (χ0n) is 16.1. The molecule has 0 aliphatic heterocycles. The van der Waals surface area contributed by atoms with Crippen LogP contribution in [0.2, 0.25) is 0 Å². The van der Waals surface area contributed by atoms with Crippen molar-refractivity contribution in [1.82, 2.24) is 9.97 Å². The first-order valence-electron chi connectivity index (χ1n) is 8.78. The Kier molecular flexibility index (Phi) is 6.78. The molecule has 7 nitrogen and oxygen atoms in total. The molecule has 1 heterocycles. The van der Waals surface area contributed by atoms with Crippen LogP contribution in [0.3, 0.4) is 0 Å². The van der Waals surface area contributed by atoms with Gasteiger partial charge in [-0.15, -0.1) is 0 Å². The smallest absolute Gasteiger partial charge is 0.341 e. The predicted octanol–water partition coefficient (Wildman–Crippen LogP) is 4.01. The first-order chi connectivity index (χ1) is 14.2. The second-order valence-electron chi connectivity index (χ2n) is 5.81. The number of hydrogen-bond acceptors (Lipinski definition) is 7. The molecule has 7 heteroatoms. The zero-order chi connectivity index (χ0) is 20.5. The molecule has 0 amide bonds. The molecule has 148 valence electrons. The molecule has 3 rings (SSSR count). The minimum atomic E-state index is -0.488. The molecule has 0 atom stereocenters. The fourth-order valence-corrected chi connectivity index (χ4v) is 2.59. The Balaban J connectivity index is 1.76. The Morgan fingerprint density at radius 3 is 2.48 bits per heavy atom. The van der Waals surface area contributed by atoms with Gasteiger partial charge in [-0.25, -0.2) is 14.8 Å². The number of ether oxygens (including phenoxy) is 4. The van der Waals surface area contributed by atoms with Gasteiger partial charge in [0.1, 0.15) is 23.7 Å². The van der Waals surface area contributed by atoms with Crippen molar-refractivity contribution in [1.29, 1.82) is 0 Å². The van der Waals surface area contributed by atoms with Crippen LogP contribution in [0.4, 0.5) is 0 Å². The topological polar surface area (TPSA) is 79.8 Å². The van der Waals surface area contributed by atoms with Crippen LogP contribution in [-0.4, -0.2) is 30.2 Å². The lowest BCUT2D eigenvalue weighted by atomic mass is 10.0. The number of carbonyl (C=O) groups is 1. The zero-order valence-corrected chi connectivity index (χ0v) is 16.1. The molecule has 0 saturated carbocycles. The summed E-state index contributed by atoms with van der Waals surface area (Å²) in [7, 11) is 2.80. The van der Waals surface area contributed by atoms with Crippen LogP contribution in [0.1, 0.15) is 11.1 Å². The van der Waals surface area contributed by atoms with Gasteiger partial charge in [-0.3, -0.25) is 0 Å². The summed E-state index contributed by atoms with van der Waals surface area (Å²) in [5.41, 5.74) is 1.79. The van der Waals surface area contributed by atoms with E-state index in [4.69, 9.17) is 18.9 Å². The lowest BCUT2D eigenvalue weighted by Crippen LogP contribution is -2.08. The third kappa shape index (κ3) is 5.32. The summed E-state index contributed by atoms with van der Waals surface area (Å²) in [5.74, 6) is 0.664. The van der Waals surface area contributed by atoms with Gasteiger partial charge in [0.25, 0.3) is 0 Å². The maximum absolute atomic E-state index is 12.1. The highest BCUT2D eigenvalue weighted by atomic mass is 16.5. The van der Waals surface area contributed by atoms with E-state index in [1.165, 1.54) is 20.5 Å².